The van der Waals surface area contributed by atoms with E-state index < -0.39 is 24.2 Å². The smallest absolute Gasteiger partial charge is 0.338 e. The standard InChI is InChI=1S/C19H16FNO5S/c1-25-16-4-3-12(20)9-13(16)15(22)10-26-19(24)11-2-5-17-14(8-11)21-18(23)6-7-27-17/h2-5,8-9H,6-7,10H2,1H3,(H,21,23). The average molecular weight is 389 g/mol. The number of methoxy groups -OCH3 is 1. The number of ether oxygens (including phenoxy) is 2. The average Bonchev–Trinajstić information content (AvgIpc) is 2.85. The molecule has 3 rings (SSSR count). The van der Waals surface area contributed by atoms with Crippen molar-refractivity contribution in [1.82, 2.24) is 0 Å². The molecule has 1 aliphatic rings. The van der Waals surface area contributed by atoms with Crippen molar-refractivity contribution in [2.24, 2.45) is 0 Å². The number of carbonyl (C=O) groups excluding carboxylic acids is 3. The number of esters is 1. The van der Waals surface area contributed by atoms with E-state index in [9.17, 15) is 18.8 Å². The van der Waals surface area contributed by atoms with Crippen LogP contribution in [0.3, 0.4) is 0 Å². The molecule has 0 radical (unpaired) electrons. The molecule has 27 heavy (non-hydrogen) atoms. The highest BCUT2D eigenvalue weighted by atomic mass is 32.2. The molecule has 1 N–H and O–H groups in total. The van der Waals surface area contributed by atoms with Crippen LogP contribution in [0.2, 0.25) is 0 Å². The Hall–Kier alpha value is -2.87. The number of benzene rings is 2. The summed E-state index contributed by atoms with van der Waals surface area (Å²) in [7, 11) is 1.36. The van der Waals surface area contributed by atoms with Crippen molar-refractivity contribution in [1.29, 1.82) is 0 Å². The fourth-order valence-corrected chi connectivity index (χ4v) is 3.47. The van der Waals surface area contributed by atoms with E-state index >= 15 is 0 Å². The summed E-state index contributed by atoms with van der Waals surface area (Å²) in [5.41, 5.74) is 0.738. The van der Waals surface area contributed by atoms with Crippen LogP contribution in [-0.4, -0.2) is 37.1 Å². The first kappa shape index (κ1) is 18.9. The first-order valence-electron chi connectivity index (χ1n) is 8.08. The van der Waals surface area contributed by atoms with E-state index in [-0.39, 0.29) is 22.8 Å². The fraction of sp³-hybridized carbons (Fsp3) is 0.211. The number of ketones is 1. The van der Waals surface area contributed by atoms with Crippen LogP contribution in [0.4, 0.5) is 10.1 Å². The Balaban J connectivity index is 1.70. The largest absolute Gasteiger partial charge is 0.496 e. The first-order valence-corrected chi connectivity index (χ1v) is 9.07. The number of hydrogen-bond acceptors (Lipinski definition) is 6. The lowest BCUT2D eigenvalue weighted by Crippen LogP contribution is -2.16. The number of anilines is 1. The van der Waals surface area contributed by atoms with Crippen LogP contribution < -0.4 is 10.1 Å². The maximum atomic E-state index is 13.4. The van der Waals surface area contributed by atoms with E-state index in [2.05, 4.69) is 5.32 Å². The Morgan fingerprint density at radius 3 is 2.81 bits per heavy atom. The van der Waals surface area contributed by atoms with Crippen LogP contribution in [-0.2, 0) is 9.53 Å². The summed E-state index contributed by atoms with van der Waals surface area (Å²) in [6.07, 6.45) is 0.392. The van der Waals surface area contributed by atoms with E-state index in [0.29, 0.717) is 17.9 Å². The molecular weight excluding hydrogens is 373 g/mol. The number of amides is 1. The van der Waals surface area contributed by atoms with Gasteiger partial charge in [0.1, 0.15) is 11.6 Å². The third-order valence-corrected chi connectivity index (χ3v) is 4.95. The van der Waals surface area contributed by atoms with E-state index in [0.717, 1.165) is 11.0 Å². The predicted molar refractivity (Wildman–Crippen MR) is 98.0 cm³/mol. The molecule has 6 nitrogen and oxygen atoms in total. The molecule has 140 valence electrons. The fourth-order valence-electron chi connectivity index (χ4n) is 2.54. The van der Waals surface area contributed by atoms with Gasteiger partial charge in [-0.2, -0.15) is 0 Å². The lowest BCUT2D eigenvalue weighted by molar-refractivity contribution is -0.115. The van der Waals surface area contributed by atoms with Gasteiger partial charge in [0.25, 0.3) is 0 Å². The molecular formula is C19H16FNO5S. The third kappa shape index (κ3) is 4.46. The highest BCUT2D eigenvalue weighted by Gasteiger charge is 2.19. The van der Waals surface area contributed by atoms with E-state index in [4.69, 9.17) is 9.47 Å². The van der Waals surface area contributed by atoms with Gasteiger partial charge < -0.3 is 14.8 Å². The van der Waals surface area contributed by atoms with E-state index in [1.165, 1.54) is 37.1 Å². The van der Waals surface area contributed by atoms with Crippen molar-refractivity contribution in [2.75, 3.05) is 24.8 Å². The molecule has 1 amide bonds. The van der Waals surface area contributed by atoms with Gasteiger partial charge in [-0.1, -0.05) is 0 Å². The zero-order chi connectivity index (χ0) is 19.4. The van der Waals surface area contributed by atoms with Crippen molar-refractivity contribution in [3.63, 3.8) is 0 Å². The molecule has 2 aromatic rings. The zero-order valence-corrected chi connectivity index (χ0v) is 15.2. The molecule has 0 fully saturated rings. The summed E-state index contributed by atoms with van der Waals surface area (Å²) in [5, 5.41) is 2.74. The number of Topliss-reactive ketones (excluding diaryl/α,β-unsaturated/α-hetero) is 1. The van der Waals surface area contributed by atoms with Gasteiger partial charge in [0.2, 0.25) is 11.7 Å². The van der Waals surface area contributed by atoms with Gasteiger partial charge in [0.15, 0.2) is 6.61 Å². The molecule has 0 aliphatic carbocycles. The zero-order valence-electron chi connectivity index (χ0n) is 14.4. The molecule has 0 aromatic heterocycles. The van der Waals surface area contributed by atoms with Gasteiger partial charge >= 0.3 is 5.97 Å². The van der Waals surface area contributed by atoms with Crippen molar-refractivity contribution in [2.45, 2.75) is 11.3 Å². The van der Waals surface area contributed by atoms with Gasteiger partial charge in [-0.3, -0.25) is 9.59 Å². The molecule has 8 heteroatoms. The van der Waals surface area contributed by atoms with E-state index in [1.54, 1.807) is 12.1 Å². The molecule has 0 bridgehead atoms. The summed E-state index contributed by atoms with van der Waals surface area (Å²) < 4.78 is 23.5. The molecule has 0 spiro atoms. The minimum absolute atomic E-state index is 0.00380. The Labute approximate surface area is 159 Å². The van der Waals surface area contributed by atoms with Gasteiger partial charge in [0.05, 0.1) is 23.9 Å². The van der Waals surface area contributed by atoms with Crippen LogP contribution in [0.1, 0.15) is 27.1 Å². The van der Waals surface area contributed by atoms with Crippen molar-refractivity contribution >= 4 is 35.1 Å². The minimum atomic E-state index is -0.718. The SMILES string of the molecule is COc1ccc(F)cc1C(=O)COC(=O)c1ccc2c(c1)NC(=O)CCS2. The predicted octanol–water partition coefficient (Wildman–Crippen LogP) is 3.31. The van der Waals surface area contributed by atoms with Crippen molar-refractivity contribution in [3.05, 3.63) is 53.3 Å². The highest BCUT2D eigenvalue weighted by Crippen LogP contribution is 2.31. The molecule has 0 atom stereocenters. The number of hydrogen-bond donors (Lipinski definition) is 1. The molecule has 1 heterocycles. The van der Waals surface area contributed by atoms with Gasteiger partial charge in [0, 0.05) is 17.1 Å². The Morgan fingerprint density at radius 1 is 1.22 bits per heavy atom. The monoisotopic (exact) mass is 389 g/mol. The Kier molecular flexibility index (Phi) is 5.75. The minimum Gasteiger partial charge on any atom is -0.496 e. The Morgan fingerprint density at radius 2 is 2.04 bits per heavy atom. The molecule has 0 saturated carbocycles. The number of thioether (sulfide) groups is 1. The second-order valence-electron chi connectivity index (χ2n) is 5.70. The van der Waals surface area contributed by atoms with Crippen molar-refractivity contribution < 1.29 is 28.2 Å². The first-order chi connectivity index (χ1) is 13.0. The maximum Gasteiger partial charge on any atom is 0.338 e. The van der Waals surface area contributed by atoms with Crippen LogP contribution >= 0.6 is 11.8 Å². The summed E-state index contributed by atoms with van der Waals surface area (Å²) in [6.45, 7) is -0.559. The lowest BCUT2D eigenvalue weighted by atomic mass is 10.1. The van der Waals surface area contributed by atoms with Crippen molar-refractivity contribution in [3.8, 4) is 5.75 Å². The second kappa shape index (κ2) is 8.22. The van der Waals surface area contributed by atoms with Gasteiger partial charge in [-0.25, -0.2) is 9.18 Å². The topological polar surface area (TPSA) is 81.7 Å². The third-order valence-electron chi connectivity index (χ3n) is 3.87. The summed E-state index contributed by atoms with van der Waals surface area (Å²) >= 11 is 1.52. The summed E-state index contributed by atoms with van der Waals surface area (Å²) in [5.74, 6) is -1.16. The van der Waals surface area contributed by atoms with Gasteiger partial charge in [-0.05, 0) is 36.4 Å². The number of rotatable bonds is 5. The quantitative estimate of drug-likeness (QED) is 0.624. The van der Waals surface area contributed by atoms with Crippen LogP contribution in [0.15, 0.2) is 41.3 Å². The molecule has 0 saturated heterocycles. The normalized spacial score (nSPS) is 13.2. The molecule has 2 aromatic carbocycles. The number of halogens is 1. The number of fused-ring (bicyclic) bond motifs is 1. The Bertz CT molecular complexity index is 915. The molecule has 0 unspecified atom stereocenters. The van der Waals surface area contributed by atoms with E-state index in [1.807, 2.05) is 0 Å². The molecule has 1 aliphatic heterocycles. The van der Waals surface area contributed by atoms with Crippen LogP contribution in [0.25, 0.3) is 0 Å². The van der Waals surface area contributed by atoms with Crippen LogP contribution in [0, 0.1) is 5.82 Å². The number of carbonyl (C=O) groups is 3. The van der Waals surface area contributed by atoms with Gasteiger partial charge in [-0.15, -0.1) is 11.8 Å². The summed E-state index contributed by atoms with van der Waals surface area (Å²) in [4.78, 5) is 37.0. The van der Waals surface area contributed by atoms with Crippen LogP contribution in [0.5, 0.6) is 5.75 Å². The lowest BCUT2D eigenvalue weighted by Gasteiger charge is -2.10. The summed E-state index contributed by atoms with van der Waals surface area (Å²) in [6, 6.07) is 8.34. The number of nitrogens with one attached hydrogen (secondary N) is 1. The highest BCUT2D eigenvalue weighted by molar-refractivity contribution is 7.99. The second-order valence-corrected chi connectivity index (χ2v) is 6.84. The maximum absolute atomic E-state index is 13.4.